The predicted molar refractivity (Wildman–Crippen MR) is 230 cm³/mol. The quantitative estimate of drug-likeness (QED) is 0.157. The molecule has 1 heteroatoms. The summed E-state index contributed by atoms with van der Waals surface area (Å²) in [6, 6.07) is 73.4. The number of hydrogen-bond acceptors (Lipinski definition) is 1. The third kappa shape index (κ3) is 5.32. The summed E-state index contributed by atoms with van der Waals surface area (Å²) in [5.41, 5.74) is 16.1. The second kappa shape index (κ2) is 12.8. The van der Waals surface area contributed by atoms with Gasteiger partial charge in [0.1, 0.15) is 0 Å². The Kier molecular flexibility index (Phi) is 7.56. The van der Waals surface area contributed by atoms with E-state index in [9.17, 15) is 0 Å². The van der Waals surface area contributed by atoms with E-state index in [0.717, 1.165) is 17.1 Å². The van der Waals surface area contributed by atoms with Gasteiger partial charge in [0.2, 0.25) is 0 Å². The van der Waals surface area contributed by atoms with Crippen LogP contribution in [-0.2, 0) is 5.41 Å². The highest BCUT2D eigenvalue weighted by atomic mass is 15.1. The van der Waals surface area contributed by atoms with Gasteiger partial charge in [-0.15, -0.1) is 0 Å². The molecule has 0 aromatic heterocycles. The molecular weight excluding hydrogens is 651 g/mol. The van der Waals surface area contributed by atoms with E-state index in [2.05, 4.69) is 219 Å². The standard InChI is InChI=1S/C53H39N/c1-53(2)51-20-12-11-19-47(51)50-33-41(26-32-52(50)53)36-23-27-42(28-24-36)54(43-29-25-40-22-21-39-17-9-10-18-45(39)49(40)34-43)44-30-31-46(37-13-5-3-6-14-37)48(35-44)38-15-7-4-8-16-38/h3-35H,1-2H3. The van der Waals surface area contributed by atoms with Gasteiger partial charge < -0.3 is 4.90 Å². The van der Waals surface area contributed by atoms with E-state index >= 15 is 0 Å². The van der Waals surface area contributed by atoms with E-state index in [1.807, 2.05) is 0 Å². The molecule has 0 aliphatic heterocycles. The van der Waals surface area contributed by atoms with Crippen LogP contribution in [0, 0.1) is 0 Å². The molecule has 0 atom stereocenters. The highest BCUT2D eigenvalue weighted by molar-refractivity contribution is 6.09. The third-order valence-electron chi connectivity index (χ3n) is 11.5. The van der Waals surface area contributed by atoms with Gasteiger partial charge >= 0.3 is 0 Å². The zero-order valence-electron chi connectivity index (χ0n) is 30.5. The summed E-state index contributed by atoms with van der Waals surface area (Å²) in [4.78, 5) is 2.41. The van der Waals surface area contributed by atoms with Gasteiger partial charge in [0.25, 0.3) is 0 Å². The van der Waals surface area contributed by atoms with E-state index in [0.29, 0.717) is 0 Å². The van der Waals surface area contributed by atoms with Crippen molar-refractivity contribution in [3.05, 3.63) is 211 Å². The first kappa shape index (κ1) is 32.0. The second-order valence-corrected chi connectivity index (χ2v) is 15.0. The zero-order chi connectivity index (χ0) is 36.2. The van der Waals surface area contributed by atoms with Gasteiger partial charge in [0.15, 0.2) is 0 Å². The Bertz CT molecular complexity index is 2830. The first-order chi connectivity index (χ1) is 26.5. The van der Waals surface area contributed by atoms with Crippen molar-refractivity contribution in [3.8, 4) is 44.5 Å². The Morgan fingerprint density at radius 1 is 0.315 bits per heavy atom. The van der Waals surface area contributed by atoms with Crippen molar-refractivity contribution in [2.45, 2.75) is 19.3 Å². The van der Waals surface area contributed by atoms with Crippen LogP contribution in [0.1, 0.15) is 25.0 Å². The summed E-state index contributed by atoms with van der Waals surface area (Å²) in [7, 11) is 0. The second-order valence-electron chi connectivity index (χ2n) is 15.0. The fraction of sp³-hybridized carbons (Fsp3) is 0.0566. The summed E-state index contributed by atoms with van der Waals surface area (Å²) in [5.74, 6) is 0. The SMILES string of the molecule is CC1(C)c2ccccc2-c2cc(-c3ccc(N(c4ccc(-c5ccccc5)c(-c5ccccc5)c4)c4ccc5ccc6ccccc6c5c4)cc3)ccc21. The van der Waals surface area contributed by atoms with Gasteiger partial charge in [0.05, 0.1) is 0 Å². The summed E-state index contributed by atoms with van der Waals surface area (Å²) in [6.07, 6.45) is 0. The molecule has 0 saturated heterocycles. The molecule has 0 spiro atoms. The van der Waals surface area contributed by atoms with Crippen LogP contribution >= 0.6 is 0 Å². The average Bonchev–Trinajstić information content (AvgIpc) is 3.47. The minimum Gasteiger partial charge on any atom is -0.310 e. The molecule has 9 aromatic carbocycles. The fourth-order valence-electron chi connectivity index (χ4n) is 8.68. The van der Waals surface area contributed by atoms with Crippen molar-refractivity contribution in [2.24, 2.45) is 0 Å². The number of anilines is 3. The summed E-state index contributed by atoms with van der Waals surface area (Å²) >= 11 is 0. The van der Waals surface area contributed by atoms with E-state index in [1.165, 1.54) is 77.2 Å². The number of benzene rings is 9. The molecule has 1 aliphatic carbocycles. The van der Waals surface area contributed by atoms with Gasteiger partial charge in [0, 0.05) is 22.5 Å². The minimum atomic E-state index is -0.00530. The van der Waals surface area contributed by atoms with Crippen LogP contribution in [0.3, 0.4) is 0 Å². The smallest absolute Gasteiger partial charge is 0.0468 e. The molecule has 1 nitrogen and oxygen atoms in total. The molecule has 0 bridgehead atoms. The number of hydrogen-bond donors (Lipinski definition) is 0. The third-order valence-corrected chi connectivity index (χ3v) is 11.5. The average molecular weight is 690 g/mol. The van der Waals surface area contributed by atoms with E-state index in [4.69, 9.17) is 0 Å². The lowest BCUT2D eigenvalue weighted by molar-refractivity contribution is 0.660. The summed E-state index contributed by atoms with van der Waals surface area (Å²) in [6.45, 7) is 4.68. The van der Waals surface area contributed by atoms with Crippen molar-refractivity contribution in [3.63, 3.8) is 0 Å². The first-order valence-corrected chi connectivity index (χ1v) is 18.8. The Morgan fingerprint density at radius 2 is 0.870 bits per heavy atom. The highest BCUT2D eigenvalue weighted by Crippen LogP contribution is 2.50. The minimum absolute atomic E-state index is 0.00530. The molecule has 0 unspecified atom stereocenters. The van der Waals surface area contributed by atoms with Crippen LogP contribution in [0.15, 0.2) is 200 Å². The molecular formula is C53H39N. The maximum absolute atomic E-state index is 2.41. The van der Waals surface area contributed by atoms with Crippen molar-refractivity contribution in [1.82, 2.24) is 0 Å². The van der Waals surface area contributed by atoms with Gasteiger partial charge in [-0.1, -0.05) is 172 Å². The Morgan fingerprint density at radius 3 is 1.65 bits per heavy atom. The fourth-order valence-corrected chi connectivity index (χ4v) is 8.68. The first-order valence-electron chi connectivity index (χ1n) is 18.8. The van der Waals surface area contributed by atoms with Crippen molar-refractivity contribution >= 4 is 38.6 Å². The molecule has 0 radical (unpaired) electrons. The number of rotatable bonds is 6. The molecule has 0 N–H and O–H groups in total. The Hall–Kier alpha value is -6.70. The predicted octanol–water partition coefficient (Wildman–Crippen LogP) is 14.8. The number of fused-ring (bicyclic) bond motifs is 6. The van der Waals surface area contributed by atoms with Gasteiger partial charge in [-0.2, -0.15) is 0 Å². The van der Waals surface area contributed by atoms with Crippen molar-refractivity contribution in [1.29, 1.82) is 0 Å². The van der Waals surface area contributed by atoms with Crippen LogP contribution in [0.4, 0.5) is 17.1 Å². The van der Waals surface area contributed by atoms with Crippen LogP contribution < -0.4 is 4.90 Å². The summed E-state index contributed by atoms with van der Waals surface area (Å²) in [5, 5.41) is 4.99. The molecule has 0 fully saturated rings. The zero-order valence-corrected chi connectivity index (χ0v) is 30.5. The molecule has 0 amide bonds. The summed E-state index contributed by atoms with van der Waals surface area (Å²) < 4.78 is 0. The van der Waals surface area contributed by atoms with Crippen molar-refractivity contribution < 1.29 is 0 Å². The van der Waals surface area contributed by atoms with E-state index in [-0.39, 0.29) is 5.41 Å². The normalized spacial score (nSPS) is 12.8. The van der Waals surface area contributed by atoms with Crippen LogP contribution in [0.5, 0.6) is 0 Å². The molecule has 9 aromatic rings. The van der Waals surface area contributed by atoms with Crippen LogP contribution in [-0.4, -0.2) is 0 Å². The van der Waals surface area contributed by atoms with E-state index < -0.39 is 0 Å². The highest BCUT2D eigenvalue weighted by Gasteiger charge is 2.35. The maximum Gasteiger partial charge on any atom is 0.0468 e. The van der Waals surface area contributed by atoms with Gasteiger partial charge in [-0.25, -0.2) is 0 Å². The topological polar surface area (TPSA) is 3.24 Å². The lowest BCUT2D eigenvalue weighted by Gasteiger charge is -2.27. The van der Waals surface area contributed by atoms with E-state index in [1.54, 1.807) is 0 Å². The Balaban J connectivity index is 1.13. The monoisotopic (exact) mass is 689 g/mol. The Labute approximate surface area is 317 Å². The van der Waals surface area contributed by atoms with Crippen LogP contribution in [0.2, 0.25) is 0 Å². The molecule has 10 rings (SSSR count). The molecule has 1 aliphatic rings. The van der Waals surface area contributed by atoms with Gasteiger partial charge in [-0.3, -0.25) is 0 Å². The number of nitrogens with zero attached hydrogens (tertiary/aromatic N) is 1. The van der Waals surface area contributed by atoms with Crippen LogP contribution in [0.25, 0.3) is 66.1 Å². The van der Waals surface area contributed by atoms with Gasteiger partial charge in [-0.05, 0) is 120 Å². The largest absolute Gasteiger partial charge is 0.310 e. The van der Waals surface area contributed by atoms with Crippen molar-refractivity contribution in [2.75, 3.05) is 4.90 Å². The molecule has 0 saturated carbocycles. The molecule has 256 valence electrons. The molecule has 54 heavy (non-hydrogen) atoms. The lowest BCUT2D eigenvalue weighted by atomic mass is 9.82. The lowest BCUT2D eigenvalue weighted by Crippen LogP contribution is -2.14. The molecule has 0 heterocycles. The maximum atomic E-state index is 2.41.